The fourth-order valence-corrected chi connectivity index (χ4v) is 3.07. The zero-order valence-corrected chi connectivity index (χ0v) is 15.7. The smallest absolute Gasteiger partial charge is 0.227 e. The molecular weight excluding hydrogens is 340 g/mol. The van der Waals surface area contributed by atoms with Crippen molar-refractivity contribution < 1.29 is 9.32 Å². The Bertz CT molecular complexity index is 685. The third-order valence-electron chi connectivity index (χ3n) is 4.15. The van der Waals surface area contributed by atoms with E-state index in [0.717, 1.165) is 23.7 Å². The van der Waals surface area contributed by atoms with Gasteiger partial charge in [-0.25, -0.2) is 0 Å². The number of amides is 1. The Hall–Kier alpha value is -1.92. The molecule has 1 atom stereocenters. The van der Waals surface area contributed by atoms with Gasteiger partial charge in [-0.3, -0.25) is 9.69 Å². The number of carbonyl (C=O) groups excluding carboxylic acids is 1. The maximum atomic E-state index is 12.2. The van der Waals surface area contributed by atoms with Crippen molar-refractivity contribution >= 4 is 17.5 Å². The van der Waals surface area contributed by atoms with Crippen LogP contribution in [0.2, 0.25) is 5.02 Å². The molecule has 0 saturated heterocycles. The molecule has 0 aliphatic rings. The molecule has 0 aliphatic carbocycles. The van der Waals surface area contributed by atoms with Crippen molar-refractivity contribution in [3.63, 3.8) is 0 Å². The first kappa shape index (κ1) is 19.4. The Morgan fingerprint density at radius 1 is 1.32 bits per heavy atom. The monoisotopic (exact) mass is 364 g/mol. The van der Waals surface area contributed by atoms with Gasteiger partial charge in [0.05, 0.1) is 6.04 Å². The molecule has 1 amide bonds. The lowest BCUT2D eigenvalue weighted by Crippen LogP contribution is -2.38. The van der Waals surface area contributed by atoms with E-state index in [-0.39, 0.29) is 11.9 Å². The summed E-state index contributed by atoms with van der Waals surface area (Å²) in [5.41, 5.74) is 1.03. The summed E-state index contributed by atoms with van der Waals surface area (Å²) in [6.45, 7) is 8.23. The summed E-state index contributed by atoms with van der Waals surface area (Å²) in [4.78, 5) is 18.6. The molecule has 1 unspecified atom stereocenters. The second kappa shape index (κ2) is 9.53. The van der Waals surface area contributed by atoms with Gasteiger partial charge >= 0.3 is 0 Å². The maximum absolute atomic E-state index is 12.2. The molecule has 0 radical (unpaired) electrons. The van der Waals surface area contributed by atoms with Gasteiger partial charge in [-0.2, -0.15) is 4.98 Å². The maximum Gasteiger partial charge on any atom is 0.227 e. The van der Waals surface area contributed by atoms with Crippen LogP contribution in [0.15, 0.2) is 28.8 Å². The SMILES string of the molecule is CCN(CC)C(CNC(=O)CCc1nc(C)no1)c1ccccc1Cl. The van der Waals surface area contributed by atoms with Crippen molar-refractivity contribution in [2.75, 3.05) is 19.6 Å². The molecule has 1 aromatic heterocycles. The van der Waals surface area contributed by atoms with Crippen molar-refractivity contribution in [2.24, 2.45) is 0 Å². The van der Waals surface area contributed by atoms with Gasteiger partial charge in [-0.05, 0) is 31.6 Å². The highest BCUT2D eigenvalue weighted by molar-refractivity contribution is 6.31. The van der Waals surface area contributed by atoms with Gasteiger partial charge in [0, 0.05) is 24.4 Å². The van der Waals surface area contributed by atoms with Gasteiger partial charge in [0.15, 0.2) is 5.82 Å². The van der Waals surface area contributed by atoms with Crippen LogP contribution in [-0.2, 0) is 11.2 Å². The molecule has 2 aromatic rings. The number of benzene rings is 1. The summed E-state index contributed by atoms with van der Waals surface area (Å²) in [6, 6.07) is 7.82. The van der Waals surface area contributed by atoms with Crippen molar-refractivity contribution in [1.29, 1.82) is 0 Å². The second-order valence-electron chi connectivity index (χ2n) is 5.80. The van der Waals surface area contributed by atoms with E-state index in [1.165, 1.54) is 0 Å². The lowest BCUT2D eigenvalue weighted by atomic mass is 10.0. The summed E-state index contributed by atoms with van der Waals surface area (Å²) >= 11 is 6.37. The minimum atomic E-state index is -0.0416. The molecule has 2 rings (SSSR count). The molecule has 25 heavy (non-hydrogen) atoms. The third kappa shape index (κ3) is 5.54. The number of rotatable bonds is 9. The lowest BCUT2D eigenvalue weighted by molar-refractivity contribution is -0.121. The highest BCUT2D eigenvalue weighted by atomic mass is 35.5. The second-order valence-corrected chi connectivity index (χ2v) is 6.21. The average Bonchev–Trinajstić information content (AvgIpc) is 3.03. The molecule has 0 aliphatic heterocycles. The first-order chi connectivity index (χ1) is 12.0. The first-order valence-electron chi connectivity index (χ1n) is 8.59. The fraction of sp³-hybridized carbons (Fsp3) is 0.500. The van der Waals surface area contributed by atoms with Crippen LogP contribution in [0.4, 0.5) is 0 Å². The van der Waals surface area contributed by atoms with E-state index < -0.39 is 0 Å². The molecular formula is C18H25ClN4O2. The van der Waals surface area contributed by atoms with Gasteiger partial charge in [-0.15, -0.1) is 0 Å². The minimum absolute atomic E-state index is 0.0401. The summed E-state index contributed by atoms with van der Waals surface area (Å²) in [6.07, 6.45) is 0.754. The molecule has 1 heterocycles. The Balaban J connectivity index is 1.97. The number of nitrogens with one attached hydrogen (secondary N) is 1. The van der Waals surface area contributed by atoms with E-state index in [2.05, 4.69) is 34.2 Å². The van der Waals surface area contributed by atoms with Crippen molar-refractivity contribution in [3.05, 3.63) is 46.6 Å². The predicted molar refractivity (Wildman–Crippen MR) is 97.5 cm³/mol. The Morgan fingerprint density at radius 2 is 2.04 bits per heavy atom. The van der Waals surface area contributed by atoms with E-state index in [1.807, 2.05) is 24.3 Å². The highest BCUT2D eigenvalue weighted by Gasteiger charge is 2.21. The predicted octanol–water partition coefficient (Wildman–Crippen LogP) is 3.16. The standard InChI is InChI=1S/C18H25ClN4O2/c1-4-23(5-2)16(14-8-6-7-9-15(14)19)12-20-17(24)10-11-18-21-13(3)22-25-18/h6-9,16H,4-5,10-12H2,1-3H3,(H,20,24). The van der Waals surface area contributed by atoms with Crippen LogP contribution in [0.1, 0.15) is 43.6 Å². The third-order valence-corrected chi connectivity index (χ3v) is 4.49. The molecule has 1 aromatic carbocycles. The Morgan fingerprint density at radius 3 is 2.64 bits per heavy atom. The number of hydrogen-bond acceptors (Lipinski definition) is 5. The molecule has 136 valence electrons. The molecule has 0 fully saturated rings. The zero-order chi connectivity index (χ0) is 18.2. The molecule has 0 bridgehead atoms. The summed E-state index contributed by atoms with van der Waals surface area (Å²) in [5, 5.41) is 7.45. The van der Waals surface area contributed by atoms with Crippen LogP contribution >= 0.6 is 11.6 Å². The van der Waals surface area contributed by atoms with Crippen molar-refractivity contribution in [2.45, 2.75) is 39.7 Å². The van der Waals surface area contributed by atoms with Gasteiger partial charge in [0.2, 0.25) is 11.8 Å². The van der Waals surface area contributed by atoms with Crippen LogP contribution in [0.3, 0.4) is 0 Å². The van der Waals surface area contributed by atoms with E-state index in [1.54, 1.807) is 6.92 Å². The fourth-order valence-electron chi connectivity index (χ4n) is 2.81. The van der Waals surface area contributed by atoms with Crippen LogP contribution in [-0.4, -0.2) is 40.6 Å². The summed E-state index contributed by atoms with van der Waals surface area (Å²) < 4.78 is 5.03. The minimum Gasteiger partial charge on any atom is -0.354 e. The normalized spacial score (nSPS) is 12.4. The molecule has 0 saturated carbocycles. The van der Waals surface area contributed by atoms with Gasteiger partial charge < -0.3 is 9.84 Å². The number of halogens is 1. The zero-order valence-electron chi connectivity index (χ0n) is 15.0. The van der Waals surface area contributed by atoms with Gasteiger partial charge in [0.1, 0.15) is 0 Å². The van der Waals surface area contributed by atoms with E-state index in [0.29, 0.717) is 31.1 Å². The quantitative estimate of drug-likeness (QED) is 0.740. The lowest BCUT2D eigenvalue weighted by Gasteiger charge is -2.30. The van der Waals surface area contributed by atoms with Gasteiger partial charge in [-0.1, -0.05) is 48.8 Å². The summed E-state index contributed by atoms with van der Waals surface area (Å²) in [7, 11) is 0. The number of carbonyl (C=O) groups is 1. The highest BCUT2D eigenvalue weighted by Crippen LogP contribution is 2.26. The number of nitrogens with zero attached hydrogens (tertiary/aromatic N) is 3. The number of aryl methyl sites for hydroxylation is 2. The van der Waals surface area contributed by atoms with Crippen molar-refractivity contribution in [3.8, 4) is 0 Å². The number of likely N-dealkylation sites (N-methyl/N-ethyl adjacent to an activating group) is 1. The van der Waals surface area contributed by atoms with Crippen LogP contribution in [0.25, 0.3) is 0 Å². The van der Waals surface area contributed by atoms with E-state index in [9.17, 15) is 4.79 Å². The molecule has 0 spiro atoms. The molecule has 1 N–H and O–H groups in total. The van der Waals surface area contributed by atoms with Crippen LogP contribution < -0.4 is 5.32 Å². The molecule has 7 heteroatoms. The Labute approximate surface area is 153 Å². The van der Waals surface area contributed by atoms with E-state index >= 15 is 0 Å². The van der Waals surface area contributed by atoms with E-state index in [4.69, 9.17) is 16.1 Å². The van der Waals surface area contributed by atoms with Gasteiger partial charge in [0.25, 0.3) is 0 Å². The van der Waals surface area contributed by atoms with Crippen molar-refractivity contribution in [1.82, 2.24) is 20.4 Å². The topological polar surface area (TPSA) is 71.3 Å². The first-order valence-corrected chi connectivity index (χ1v) is 8.97. The largest absolute Gasteiger partial charge is 0.354 e. The molecule has 6 nitrogen and oxygen atoms in total. The summed E-state index contributed by atoms with van der Waals surface area (Å²) in [5.74, 6) is 1.02. The average molecular weight is 365 g/mol. The number of aromatic nitrogens is 2. The number of hydrogen-bond donors (Lipinski definition) is 1. The van der Waals surface area contributed by atoms with Crippen LogP contribution in [0, 0.1) is 6.92 Å². The van der Waals surface area contributed by atoms with Crippen LogP contribution in [0.5, 0.6) is 0 Å². The Kier molecular flexibility index (Phi) is 7.40.